The zero-order valence-corrected chi connectivity index (χ0v) is 14.9. The van der Waals surface area contributed by atoms with E-state index in [9.17, 15) is 14.7 Å². The van der Waals surface area contributed by atoms with Gasteiger partial charge in [-0.25, -0.2) is 0 Å². The van der Waals surface area contributed by atoms with Gasteiger partial charge in [-0.2, -0.15) is 0 Å². The molecular formula is C17H21BrO5. The summed E-state index contributed by atoms with van der Waals surface area (Å²) in [6, 6.07) is 0. The van der Waals surface area contributed by atoms with Gasteiger partial charge < -0.3 is 14.6 Å². The lowest BCUT2D eigenvalue weighted by Gasteiger charge is -2.36. The van der Waals surface area contributed by atoms with E-state index < -0.39 is 29.4 Å². The summed E-state index contributed by atoms with van der Waals surface area (Å²) >= 11 is 3.26. The number of aliphatic hydroxyl groups excluding tert-OH is 1. The number of carbonyl (C=O) groups is 2. The Morgan fingerprint density at radius 1 is 1.52 bits per heavy atom. The fraction of sp³-hybridized carbons (Fsp3) is 0.647. The molecule has 1 N–H and O–H groups in total. The van der Waals surface area contributed by atoms with Crippen LogP contribution in [0.25, 0.3) is 0 Å². The van der Waals surface area contributed by atoms with Crippen LogP contribution in [0.4, 0.5) is 0 Å². The van der Waals surface area contributed by atoms with Gasteiger partial charge in [0, 0.05) is 10.9 Å². The first-order valence-electron chi connectivity index (χ1n) is 7.76. The molecule has 0 amide bonds. The molecule has 0 fully saturated rings. The van der Waals surface area contributed by atoms with E-state index in [2.05, 4.69) is 27.8 Å². The predicted octanol–water partition coefficient (Wildman–Crippen LogP) is 2.31. The van der Waals surface area contributed by atoms with Crippen molar-refractivity contribution < 1.29 is 24.2 Å². The molecule has 1 aliphatic heterocycles. The number of aliphatic hydroxyl groups is 1. The Morgan fingerprint density at radius 3 is 2.96 bits per heavy atom. The second-order valence-electron chi connectivity index (χ2n) is 5.99. The van der Waals surface area contributed by atoms with E-state index >= 15 is 0 Å². The lowest BCUT2D eigenvalue weighted by atomic mass is 9.69. The van der Waals surface area contributed by atoms with Crippen molar-refractivity contribution in [3.63, 3.8) is 0 Å². The third kappa shape index (κ3) is 3.78. The lowest BCUT2D eigenvalue weighted by Crippen LogP contribution is -2.46. The maximum absolute atomic E-state index is 12.6. The Labute approximate surface area is 144 Å². The summed E-state index contributed by atoms with van der Waals surface area (Å²) in [5.41, 5.74) is -1.42. The quantitative estimate of drug-likeness (QED) is 0.554. The van der Waals surface area contributed by atoms with Crippen molar-refractivity contribution in [3.05, 3.63) is 10.6 Å². The summed E-state index contributed by atoms with van der Waals surface area (Å²) in [6.45, 7) is 1.83. The molecule has 0 aromatic carbocycles. The first kappa shape index (κ1) is 18.0. The molecule has 1 heterocycles. The number of esters is 2. The Kier molecular flexibility index (Phi) is 5.88. The van der Waals surface area contributed by atoms with Crippen molar-refractivity contribution in [2.75, 3.05) is 7.11 Å². The summed E-state index contributed by atoms with van der Waals surface area (Å²) in [4.78, 5) is 25.1. The van der Waals surface area contributed by atoms with Crippen LogP contribution < -0.4 is 0 Å². The van der Waals surface area contributed by atoms with Crippen LogP contribution in [0, 0.1) is 23.2 Å². The van der Waals surface area contributed by atoms with Crippen LogP contribution >= 0.6 is 15.9 Å². The predicted molar refractivity (Wildman–Crippen MR) is 87.4 cm³/mol. The molecule has 126 valence electrons. The van der Waals surface area contributed by atoms with E-state index in [4.69, 9.17) is 9.47 Å². The molecule has 6 heteroatoms. The van der Waals surface area contributed by atoms with E-state index in [1.54, 1.807) is 0 Å². The minimum absolute atomic E-state index is 0.0619. The molecule has 0 unspecified atom stereocenters. The standard InChI is InChI=1S/C17H21BrO5/c1-11-7-5-3-4-6-8-17(16(21)22-2)10-13(18)14(19)9-12(17)15(20)23-11/h10-12,14,19H,3-5,7,9H2,1-2H3/t11-,12+,14-,17-/m1/s1. The third-order valence-electron chi connectivity index (χ3n) is 4.28. The molecule has 2 rings (SSSR count). The van der Waals surface area contributed by atoms with Gasteiger partial charge in [0.2, 0.25) is 0 Å². The summed E-state index contributed by atoms with van der Waals surface area (Å²) < 4.78 is 10.8. The van der Waals surface area contributed by atoms with Crippen molar-refractivity contribution in [2.45, 2.75) is 51.2 Å². The third-order valence-corrected chi connectivity index (χ3v) is 5.03. The smallest absolute Gasteiger partial charge is 0.328 e. The van der Waals surface area contributed by atoms with Gasteiger partial charge >= 0.3 is 11.9 Å². The molecular weight excluding hydrogens is 364 g/mol. The minimum Gasteiger partial charge on any atom is -0.468 e. The van der Waals surface area contributed by atoms with Crippen molar-refractivity contribution in [2.24, 2.45) is 11.3 Å². The SMILES string of the molecule is COC(=O)[C@@]12C#CCCCC[C@@H](C)OC(=O)[C@@H]1C[C@@H](O)C(Br)=C2. The molecule has 0 bridgehead atoms. The normalized spacial score (nSPS) is 34.7. The second-order valence-corrected chi connectivity index (χ2v) is 6.90. The highest BCUT2D eigenvalue weighted by Crippen LogP contribution is 2.43. The summed E-state index contributed by atoms with van der Waals surface area (Å²) in [5, 5.41) is 10.1. The van der Waals surface area contributed by atoms with E-state index in [0.29, 0.717) is 10.9 Å². The molecule has 4 atom stereocenters. The topological polar surface area (TPSA) is 72.8 Å². The zero-order chi connectivity index (χ0) is 17.0. The molecule has 23 heavy (non-hydrogen) atoms. The molecule has 0 aromatic heterocycles. The molecule has 0 saturated carbocycles. The van der Waals surface area contributed by atoms with Crippen molar-refractivity contribution in [1.82, 2.24) is 0 Å². The van der Waals surface area contributed by atoms with Gasteiger partial charge in [-0.3, -0.25) is 9.59 Å². The maximum Gasteiger partial charge on any atom is 0.328 e. The molecule has 0 saturated heterocycles. The van der Waals surface area contributed by atoms with Crippen LogP contribution in [0.3, 0.4) is 0 Å². The highest BCUT2D eigenvalue weighted by molar-refractivity contribution is 9.11. The van der Waals surface area contributed by atoms with Crippen molar-refractivity contribution >= 4 is 27.9 Å². The van der Waals surface area contributed by atoms with Crippen LogP contribution in [0.5, 0.6) is 0 Å². The van der Waals surface area contributed by atoms with E-state index in [0.717, 1.165) is 19.3 Å². The van der Waals surface area contributed by atoms with Crippen LogP contribution in [-0.4, -0.2) is 36.4 Å². The van der Waals surface area contributed by atoms with Gasteiger partial charge in [0.05, 0.1) is 25.2 Å². The Balaban J connectivity index is 2.53. The minimum atomic E-state index is -1.42. The van der Waals surface area contributed by atoms with Crippen LogP contribution in [0.2, 0.25) is 0 Å². The molecule has 0 spiro atoms. The number of methoxy groups -OCH3 is 1. The molecule has 0 radical (unpaired) electrons. The highest BCUT2D eigenvalue weighted by atomic mass is 79.9. The number of fused-ring (bicyclic) bond motifs is 1. The fourth-order valence-electron chi connectivity index (χ4n) is 2.96. The van der Waals surface area contributed by atoms with Crippen LogP contribution in [0.1, 0.15) is 39.0 Å². The van der Waals surface area contributed by atoms with Gasteiger partial charge in [-0.15, -0.1) is 5.92 Å². The Morgan fingerprint density at radius 2 is 2.26 bits per heavy atom. The number of cyclic esters (lactones) is 1. The number of ether oxygens (including phenoxy) is 2. The molecule has 1 aliphatic carbocycles. The first-order chi connectivity index (χ1) is 10.9. The maximum atomic E-state index is 12.6. The van der Waals surface area contributed by atoms with Crippen LogP contribution in [-0.2, 0) is 19.1 Å². The number of carbonyl (C=O) groups excluding carboxylic acids is 2. The zero-order valence-electron chi connectivity index (χ0n) is 13.3. The monoisotopic (exact) mass is 384 g/mol. The van der Waals surface area contributed by atoms with Crippen molar-refractivity contribution in [3.8, 4) is 11.8 Å². The van der Waals surface area contributed by atoms with Gasteiger partial charge in [0.25, 0.3) is 0 Å². The highest BCUT2D eigenvalue weighted by Gasteiger charge is 2.52. The number of hydrogen-bond donors (Lipinski definition) is 1. The average molecular weight is 385 g/mol. The van der Waals surface area contributed by atoms with Gasteiger partial charge in [0.15, 0.2) is 5.41 Å². The summed E-state index contributed by atoms with van der Waals surface area (Å²) in [6.07, 6.45) is 3.63. The Bertz CT molecular complexity index is 573. The van der Waals surface area contributed by atoms with Crippen molar-refractivity contribution in [1.29, 1.82) is 0 Å². The van der Waals surface area contributed by atoms with Crippen LogP contribution in [0.15, 0.2) is 10.6 Å². The number of hydrogen-bond acceptors (Lipinski definition) is 5. The van der Waals surface area contributed by atoms with Gasteiger partial charge in [-0.05, 0) is 38.7 Å². The second kappa shape index (κ2) is 7.50. The van der Waals surface area contributed by atoms with E-state index in [1.807, 2.05) is 6.92 Å². The van der Waals surface area contributed by atoms with Gasteiger partial charge in [-0.1, -0.05) is 21.9 Å². The largest absolute Gasteiger partial charge is 0.468 e. The Hall–Kier alpha value is -1.32. The first-order valence-corrected chi connectivity index (χ1v) is 8.55. The molecule has 5 nitrogen and oxygen atoms in total. The van der Waals surface area contributed by atoms with E-state index in [1.165, 1.54) is 13.2 Å². The molecule has 2 aliphatic rings. The summed E-state index contributed by atoms with van der Waals surface area (Å²) in [7, 11) is 1.27. The lowest BCUT2D eigenvalue weighted by molar-refractivity contribution is -0.166. The summed E-state index contributed by atoms with van der Waals surface area (Å²) in [5.74, 6) is 3.92. The fourth-order valence-corrected chi connectivity index (χ4v) is 3.50. The van der Waals surface area contributed by atoms with Gasteiger partial charge in [0.1, 0.15) is 0 Å². The number of halogens is 1. The van der Waals surface area contributed by atoms with E-state index in [-0.39, 0.29) is 12.5 Å². The average Bonchev–Trinajstić information content (AvgIpc) is 2.54. The molecule has 0 aromatic rings. The number of rotatable bonds is 1.